The Bertz CT molecular complexity index is 212. The van der Waals surface area contributed by atoms with Crippen LogP contribution in [0.1, 0.15) is 12.8 Å². The van der Waals surface area contributed by atoms with E-state index in [1.54, 1.807) is 0 Å². The minimum atomic E-state index is 0.655. The Kier molecular flexibility index (Phi) is 2.32. The Morgan fingerprint density at radius 1 is 1.33 bits per heavy atom. The quantitative estimate of drug-likeness (QED) is 0.616. The third kappa shape index (κ3) is 1.80. The van der Waals surface area contributed by atoms with Crippen LogP contribution >= 0.6 is 0 Å². The molecule has 0 unspecified atom stereocenters. The summed E-state index contributed by atoms with van der Waals surface area (Å²) in [5.41, 5.74) is 1.21. The number of H-pyrrole nitrogens is 1. The minimum Gasteiger partial charge on any atom is -0.381 e. The molecule has 1 aromatic rings. The summed E-state index contributed by atoms with van der Waals surface area (Å²) in [6, 6.07) is 2.73. The van der Waals surface area contributed by atoms with Gasteiger partial charge >= 0.3 is 0 Å². The average Bonchev–Trinajstić information content (AvgIpc) is 2.59. The first-order valence-electron chi connectivity index (χ1n) is 4.55. The molecule has 0 spiro atoms. The lowest BCUT2D eigenvalue weighted by Crippen LogP contribution is -2.35. The third-order valence-electron chi connectivity index (χ3n) is 2.31. The zero-order chi connectivity index (χ0) is 8.23. The minimum absolute atomic E-state index is 0.655. The molecule has 1 aliphatic rings. The smallest absolute Gasteiger partial charge is 0.0519 e. The number of anilines is 1. The van der Waals surface area contributed by atoms with Gasteiger partial charge in [0, 0.05) is 18.4 Å². The lowest BCUT2D eigenvalue weighted by Gasteiger charge is -2.23. The summed E-state index contributed by atoms with van der Waals surface area (Å²) < 4.78 is 0. The van der Waals surface area contributed by atoms with Crippen LogP contribution in [-0.2, 0) is 0 Å². The van der Waals surface area contributed by atoms with Gasteiger partial charge in [-0.05, 0) is 32.0 Å². The van der Waals surface area contributed by atoms with Crippen LogP contribution < -0.4 is 10.6 Å². The molecule has 0 aromatic carbocycles. The molecule has 1 aromatic heterocycles. The van der Waals surface area contributed by atoms with Crippen molar-refractivity contribution in [3.05, 3.63) is 18.5 Å². The fourth-order valence-corrected chi connectivity index (χ4v) is 1.62. The molecule has 0 aliphatic carbocycles. The molecule has 0 radical (unpaired) electrons. The van der Waals surface area contributed by atoms with Crippen molar-refractivity contribution in [1.29, 1.82) is 0 Å². The van der Waals surface area contributed by atoms with E-state index in [1.165, 1.54) is 18.5 Å². The highest BCUT2D eigenvalue weighted by molar-refractivity contribution is 5.41. The van der Waals surface area contributed by atoms with Crippen LogP contribution in [0.4, 0.5) is 5.69 Å². The van der Waals surface area contributed by atoms with Crippen molar-refractivity contribution in [2.45, 2.75) is 18.9 Å². The fourth-order valence-electron chi connectivity index (χ4n) is 1.62. The second-order valence-corrected chi connectivity index (χ2v) is 3.27. The number of nitrogens with one attached hydrogen (secondary N) is 3. The molecule has 0 atom stereocenters. The predicted octanol–water partition coefficient (Wildman–Crippen LogP) is 1.18. The zero-order valence-electron chi connectivity index (χ0n) is 7.14. The summed E-state index contributed by atoms with van der Waals surface area (Å²) in [7, 11) is 0. The number of hydrogen-bond acceptors (Lipinski definition) is 2. The Hall–Kier alpha value is -0.960. The summed E-state index contributed by atoms with van der Waals surface area (Å²) in [6.45, 7) is 2.28. The van der Waals surface area contributed by atoms with Crippen molar-refractivity contribution in [2.24, 2.45) is 0 Å². The van der Waals surface area contributed by atoms with Crippen LogP contribution in [0.5, 0.6) is 0 Å². The molecular formula is C9H15N3. The molecule has 66 valence electrons. The standard InChI is InChI=1S/C9H15N3/c1-4-10-5-2-8(1)12-9-3-6-11-7-9/h3,6-8,10-12H,1-2,4-5H2. The molecule has 1 aliphatic heterocycles. The first kappa shape index (κ1) is 7.68. The maximum atomic E-state index is 3.49. The van der Waals surface area contributed by atoms with Gasteiger partial charge in [0.15, 0.2) is 0 Å². The Balaban J connectivity index is 1.86. The van der Waals surface area contributed by atoms with Gasteiger partial charge in [-0.25, -0.2) is 0 Å². The topological polar surface area (TPSA) is 39.8 Å². The van der Waals surface area contributed by atoms with Crippen LogP contribution in [0.25, 0.3) is 0 Å². The van der Waals surface area contributed by atoms with E-state index in [4.69, 9.17) is 0 Å². The third-order valence-corrected chi connectivity index (χ3v) is 2.31. The number of aromatic amines is 1. The first-order chi connectivity index (χ1) is 5.95. The first-order valence-corrected chi connectivity index (χ1v) is 4.55. The maximum Gasteiger partial charge on any atom is 0.0519 e. The van der Waals surface area contributed by atoms with E-state index in [2.05, 4.69) is 21.7 Å². The largest absolute Gasteiger partial charge is 0.381 e. The molecule has 3 N–H and O–H groups in total. The molecule has 2 heterocycles. The van der Waals surface area contributed by atoms with E-state index in [0.717, 1.165) is 13.1 Å². The van der Waals surface area contributed by atoms with Gasteiger partial charge in [-0.3, -0.25) is 0 Å². The molecule has 0 bridgehead atoms. The van der Waals surface area contributed by atoms with Crippen molar-refractivity contribution in [2.75, 3.05) is 18.4 Å². The summed E-state index contributed by atoms with van der Waals surface area (Å²) in [5.74, 6) is 0. The van der Waals surface area contributed by atoms with Gasteiger partial charge in [-0.2, -0.15) is 0 Å². The van der Waals surface area contributed by atoms with Gasteiger partial charge in [0.1, 0.15) is 0 Å². The van der Waals surface area contributed by atoms with Crippen LogP contribution in [0.15, 0.2) is 18.5 Å². The molecule has 0 amide bonds. The van der Waals surface area contributed by atoms with E-state index in [0.29, 0.717) is 6.04 Å². The van der Waals surface area contributed by atoms with Gasteiger partial charge in [-0.15, -0.1) is 0 Å². The highest BCUT2D eigenvalue weighted by Gasteiger charge is 2.11. The second-order valence-electron chi connectivity index (χ2n) is 3.27. The van der Waals surface area contributed by atoms with Crippen molar-refractivity contribution in [1.82, 2.24) is 10.3 Å². The van der Waals surface area contributed by atoms with E-state index in [9.17, 15) is 0 Å². The van der Waals surface area contributed by atoms with Gasteiger partial charge in [-0.1, -0.05) is 0 Å². The average molecular weight is 165 g/mol. The monoisotopic (exact) mass is 165 g/mol. The molecule has 1 saturated heterocycles. The van der Waals surface area contributed by atoms with Crippen molar-refractivity contribution in [3.63, 3.8) is 0 Å². The highest BCUT2D eigenvalue weighted by Crippen LogP contribution is 2.11. The van der Waals surface area contributed by atoms with Gasteiger partial charge < -0.3 is 15.6 Å². The molecule has 1 fully saturated rings. The van der Waals surface area contributed by atoms with Crippen molar-refractivity contribution >= 4 is 5.69 Å². The lowest BCUT2D eigenvalue weighted by atomic mass is 10.1. The van der Waals surface area contributed by atoms with Crippen LogP contribution in [-0.4, -0.2) is 24.1 Å². The molecule has 12 heavy (non-hydrogen) atoms. The van der Waals surface area contributed by atoms with Gasteiger partial charge in [0.25, 0.3) is 0 Å². The molecule has 3 nitrogen and oxygen atoms in total. The van der Waals surface area contributed by atoms with E-state index in [1.807, 2.05) is 12.4 Å². The van der Waals surface area contributed by atoms with Gasteiger partial charge in [0.05, 0.1) is 5.69 Å². The van der Waals surface area contributed by atoms with Crippen LogP contribution in [0.2, 0.25) is 0 Å². The summed E-state index contributed by atoms with van der Waals surface area (Å²) in [4.78, 5) is 3.04. The Morgan fingerprint density at radius 3 is 2.83 bits per heavy atom. The summed E-state index contributed by atoms with van der Waals surface area (Å²) in [6.07, 6.45) is 6.40. The highest BCUT2D eigenvalue weighted by atomic mass is 15.0. The van der Waals surface area contributed by atoms with E-state index in [-0.39, 0.29) is 0 Å². The van der Waals surface area contributed by atoms with Crippen LogP contribution in [0, 0.1) is 0 Å². The van der Waals surface area contributed by atoms with Gasteiger partial charge in [0.2, 0.25) is 0 Å². The maximum absolute atomic E-state index is 3.49. The normalized spacial score (nSPS) is 19.3. The molecule has 3 heteroatoms. The predicted molar refractivity (Wildman–Crippen MR) is 50.3 cm³/mol. The molecule has 2 rings (SSSR count). The zero-order valence-corrected chi connectivity index (χ0v) is 7.14. The number of rotatable bonds is 2. The van der Waals surface area contributed by atoms with E-state index >= 15 is 0 Å². The number of hydrogen-bond donors (Lipinski definition) is 3. The van der Waals surface area contributed by atoms with E-state index < -0.39 is 0 Å². The lowest BCUT2D eigenvalue weighted by molar-refractivity contribution is 0.479. The summed E-state index contributed by atoms with van der Waals surface area (Å²) in [5, 5.41) is 6.84. The van der Waals surface area contributed by atoms with Crippen LogP contribution in [0.3, 0.4) is 0 Å². The molecule has 0 saturated carbocycles. The SMILES string of the molecule is c1cc(NC2CCNCC2)c[nH]1. The number of piperidine rings is 1. The second kappa shape index (κ2) is 3.63. The molecular weight excluding hydrogens is 150 g/mol. The van der Waals surface area contributed by atoms with Crippen molar-refractivity contribution in [3.8, 4) is 0 Å². The Labute approximate surface area is 72.6 Å². The number of aromatic nitrogens is 1. The Morgan fingerprint density at radius 2 is 2.17 bits per heavy atom. The fraction of sp³-hybridized carbons (Fsp3) is 0.556. The summed E-state index contributed by atoms with van der Waals surface area (Å²) >= 11 is 0. The van der Waals surface area contributed by atoms with Crippen molar-refractivity contribution < 1.29 is 0 Å².